The Balaban J connectivity index is 3.96. The van der Waals surface area contributed by atoms with Crippen molar-refractivity contribution < 1.29 is 9.90 Å². The molecule has 0 radical (unpaired) electrons. The maximum absolute atomic E-state index is 10.3. The molecule has 3 N–H and O–H groups in total. The van der Waals surface area contributed by atoms with E-state index < -0.39 is 5.97 Å². The van der Waals surface area contributed by atoms with Gasteiger partial charge in [0, 0.05) is 11.6 Å². The van der Waals surface area contributed by atoms with E-state index in [1.807, 2.05) is 6.92 Å². The third-order valence-electron chi connectivity index (χ3n) is 1.42. The van der Waals surface area contributed by atoms with E-state index in [1.54, 1.807) is 13.0 Å². The maximum atomic E-state index is 10.3. The van der Waals surface area contributed by atoms with Crippen LogP contribution in [-0.2, 0) is 4.79 Å². The van der Waals surface area contributed by atoms with Gasteiger partial charge in [-0.25, -0.2) is 4.79 Å². The first-order valence-electron chi connectivity index (χ1n) is 3.75. The van der Waals surface area contributed by atoms with Crippen LogP contribution in [-0.4, -0.2) is 17.1 Å². The molecule has 0 fully saturated rings. The number of hydrogen-bond donors (Lipinski definition) is 2. The largest absolute Gasteiger partial charge is 0.478 e. The first-order valence-corrected chi connectivity index (χ1v) is 3.75. The van der Waals surface area contributed by atoms with Crippen LogP contribution in [0.15, 0.2) is 11.6 Å². The molecule has 0 aliphatic heterocycles. The summed E-state index contributed by atoms with van der Waals surface area (Å²) in [6.07, 6.45) is 3.40. The number of nitrogens with two attached hydrogens (primary N) is 1. The average Bonchev–Trinajstić information content (AvgIpc) is 1.87. The van der Waals surface area contributed by atoms with Crippen molar-refractivity contribution in [1.82, 2.24) is 0 Å². The van der Waals surface area contributed by atoms with Gasteiger partial charge in [-0.05, 0) is 13.3 Å². The highest BCUT2D eigenvalue weighted by Gasteiger charge is 2.02. The molecule has 1 unspecified atom stereocenters. The average molecular weight is 157 g/mol. The predicted molar refractivity (Wildman–Crippen MR) is 44.3 cm³/mol. The van der Waals surface area contributed by atoms with Crippen molar-refractivity contribution in [3.63, 3.8) is 0 Å². The molecule has 0 rings (SSSR count). The summed E-state index contributed by atoms with van der Waals surface area (Å²) in [6, 6.07) is -0.115. The molecule has 0 aliphatic rings. The van der Waals surface area contributed by atoms with E-state index in [1.165, 1.54) is 0 Å². The third-order valence-corrected chi connectivity index (χ3v) is 1.42. The third kappa shape index (κ3) is 4.56. The van der Waals surface area contributed by atoms with Gasteiger partial charge in [-0.3, -0.25) is 0 Å². The number of carbonyl (C=O) groups is 1. The lowest BCUT2D eigenvalue weighted by Gasteiger charge is -2.03. The van der Waals surface area contributed by atoms with Crippen molar-refractivity contribution in [1.29, 1.82) is 0 Å². The lowest BCUT2D eigenvalue weighted by molar-refractivity contribution is -0.132. The second-order valence-electron chi connectivity index (χ2n) is 2.61. The van der Waals surface area contributed by atoms with Crippen LogP contribution in [0.4, 0.5) is 0 Å². The molecule has 0 amide bonds. The van der Waals surface area contributed by atoms with E-state index in [-0.39, 0.29) is 6.04 Å². The second kappa shape index (κ2) is 4.91. The molecule has 3 nitrogen and oxygen atoms in total. The molecule has 0 aliphatic carbocycles. The topological polar surface area (TPSA) is 63.3 Å². The van der Waals surface area contributed by atoms with Crippen molar-refractivity contribution >= 4 is 5.97 Å². The molecule has 1 atom stereocenters. The molecular formula is C8H15NO2. The molecule has 0 bridgehead atoms. The minimum atomic E-state index is -0.892. The minimum Gasteiger partial charge on any atom is -0.478 e. The summed E-state index contributed by atoms with van der Waals surface area (Å²) in [5, 5.41) is 8.48. The highest BCUT2D eigenvalue weighted by atomic mass is 16.4. The van der Waals surface area contributed by atoms with Crippen molar-refractivity contribution in [3.05, 3.63) is 11.6 Å². The fourth-order valence-electron chi connectivity index (χ4n) is 0.809. The summed E-state index contributed by atoms with van der Waals surface area (Å²) < 4.78 is 0. The molecule has 0 saturated heterocycles. The van der Waals surface area contributed by atoms with E-state index >= 15 is 0 Å². The zero-order valence-corrected chi connectivity index (χ0v) is 7.00. The maximum Gasteiger partial charge on any atom is 0.331 e. The van der Waals surface area contributed by atoms with Crippen LogP contribution in [0, 0.1) is 0 Å². The van der Waals surface area contributed by atoms with Crippen LogP contribution in [0.5, 0.6) is 0 Å². The van der Waals surface area contributed by atoms with Gasteiger partial charge in [0.05, 0.1) is 0 Å². The summed E-state index contributed by atoms with van der Waals surface area (Å²) in [4.78, 5) is 10.3. The molecular weight excluding hydrogens is 142 g/mol. The summed E-state index contributed by atoms with van der Waals surface area (Å²) in [6.45, 7) is 3.57. The fourth-order valence-corrected chi connectivity index (χ4v) is 0.809. The lowest BCUT2D eigenvalue weighted by atomic mass is 10.1. The van der Waals surface area contributed by atoms with Gasteiger partial charge in [0.25, 0.3) is 0 Å². The van der Waals surface area contributed by atoms with E-state index in [0.717, 1.165) is 12.8 Å². The standard InChI is InChI=1S/C8H15NO2/c1-3-4-7(9)5-6(2)8(10)11/h5,7H,3-4,9H2,1-2H3,(H,10,11). The molecule has 0 spiro atoms. The van der Waals surface area contributed by atoms with Crippen LogP contribution >= 0.6 is 0 Å². The van der Waals surface area contributed by atoms with E-state index in [4.69, 9.17) is 10.8 Å². The van der Waals surface area contributed by atoms with Gasteiger partial charge in [-0.15, -0.1) is 0 Å². The summed E-state index contributed by atoms with van der Waals surface area (Å²) in [7, 11) is 0. The Morgan fingerprint density at radius 2 is 2.27 bits per heavy atom. The molecule has 0 aromatic carbocycles. The van der Waals surface area contributed by atoms with E-state index in [0.29, 0.717) is 5.57 Å². The van der Waals surface area contributed by atoms with E-state index in [9.17, 15) is 4.79 Å². The van der Waals surface area contributed by atoms with Crippen molar-refractivity contribution in [2.75, 3.05) is 0 Å². The molecule has 0 aromatic rings. The number of rotatable bonds is 4. The summed E-state index contributed by atoms with van der Waals surface area (Å²) in [5.41, 5.74) is 5.91. The minimum absolute atomic E-state index is 0.115. The monoisotopic (exact) mass is 157 g/mol. The van der Waals surface area contributed by atoms with Gasteiger partial charge >= 0.3 is 5.97 Å². The highest BCUT2D eigenvalue weighted by Crippen LogP contribution is 1.99. The Labute approximate surface area is 66.9 Å². The SMILES string of the molecule is CCCC(N)C=C(C)C(=O)O. The Morgan fingerprint density at radius 3 is 2.64 bits per heavy atom. The summed E-state index contributed by atoms with van der Waals surface area (Å²) >= 11 is 0. The molecule has 0 heterocycles. The number of aliphatic carboxylic acids is 1. The number of carboxylic acids is 1. The van der Waals surface area contributed by atoms with Crippen LogP contribution in [0.25, 0.3) is 0 Å². The number of carboxylic acid groups (broad SMARTS) is 1. The Kier molecular flexibility index (Phi) is 4.54. The van der Waals surface area contributed by atoms with Gasteiger partial charge in [-0.2, -0.15) is 0 Å². The number of hydrogen-bond acceptors (Lipinski definition) is 2. The van der Waals surface area contributed by atoms with Gasteiger partial charge < -0.3 is 10.8 Å². The van der Waals surface area contributed by atoms with Gasteiger partial charge in [0.2, 0.25) is 0 Å². The zero-order chi connectivity index (χ0) is 8.85. The molecule has 0 aromatic heterocycles. The normalized spacial score (nSPS) is 14.6. The van der Waals surface area contributed by atoms with Crippen LogP contribution in [0.3, 0.4) is 0 Å². The summed E-state index contributed by atoms with van der Waals surface area (Å²) in [5.74, 6) is -0.892. The Bertz CT molecular complexity index is 163. The van der Waals surface area contributed by atoms with Crippen molar-refractivity contribution in [2.24, 2.45) is 5.73 Å². The quantitative estimate of drug-likeness (QED) is 0.601. The first kappa shape index (κ1) is 10.2. The van der Waals surface area contributed by atoms with Gasteiger partial charge in [0.1, 0.15) is 0 Å². The predicted octanol–water partition coefficient (Wildman–Crippen LogP) is 1.14. The zero-order valence-electron chi connectivity index (χ0n) is 7.00. The molecule has 11 heavy (non-hydrogen) atoms. The van der Waals surface area contributed by atoms with Crippen molar-refractivity contribution in [3.8, 4) is 0 Å². The highest BCUT2D eigenvalue weighted by molar-refractivity contribution is 5.85. The molecule has 3 heteroatoms. The van der Waals surface area contributed by atoms with Crippen molar-refractivity contribution in [2.45, 2.75) is 32.7 Å². The van der Waals surface area contributed by atoms with Gasteiger partial charge in [0.15, 0.2) is 0 Å². The second-order valence-corrected chi connectivity index (χ2v) is 2.61. The molecule has 64 valence electrons. The Morgan fingerprint density at radius 1 is 1.73 bits per heavy atom. The van der Waals surface area contributed by atoms with Gasteiger partial charge in [-0.1, -0.05) is 19.4 Å². The lowest BCUT2D eigenvalue weighted by Crippen LogP contribution is -2.17. The smallest absolute Gasteiger partial charge is 0.331 e. The Hall–Kier alpha value is -0.830. The fraction of sp³-hybridized carbons (Fsp3) is 0.625. The van der Waals surface area contributed by atoms with E-state index in [2.05, 4.69) is 0 Å². The van der Waals surface area contributed by atoms with Crippen LogP contribution in [0.2, 0.25) is 0 Å². The van der Waals surface area contributed by atoms with Crippen LogP contribution < -0.4 is 5.73 Å². The molecule has 0 saturated carbocycles. The first-order chi connectivity index (χ1) is 5.07. The van der Waals surface area contributed by atoms with Crippen LogP contribution in [0.1, 0.15) is 26.7 Å².